The van der Waals surface area contributed by atoms with E-state index in [4.69, 9.17) is 9.84 Å². The maximum absolute atomic E-state index is 11.9. The molecule has 3 N–H and O–H groups in total. The monoisotopic (exact) mass is 297 g/mol. The van der Waals surface area contributed by atoms with E-state index in [1.54, 1.807) is 13.8 Å². The Kier molecular flexibility index (Phi) is 6.04. The lowest BCUT2D eigenvalue weighted by atomic mass is 10.1. The Morgan fingerprint density at radius 3 is 2.62 bits per heavy atom. The Labute approximate surface area is 121 Å². The zero-order valence-electron chi connectivity index (χ0n) is 12.2. The highest BCUT2D eigenvalue weighted by Crippen LogP contribution is 2.07. The molecule has 1 aromatic heterocycles. The van der Waals surface area contributed by atoms with Crippen LogP contribution in [0.3, 0.4) is 0 Å². The van der Waals surface area contributed by atoms with E-state index in [0.717, 1.165) is 0 Å². The number of rotatable bonds is 7. The van der Waals surface area contributed by atoms with Crippen molar-refractivity contribution in [3.63, 3.8) is 0 Å². The summed E-state index contributed by atoms with van der Waals surface area (Å²) < 4.78 is 4.97. The second kappa shape index (κ2) is 7.53. The Morgan fingerprint density at radius 1 is 1.43 bits per heavy atom. The number of nitrogens with one attached hydrogen (secondary N) is 2. The molecule has 0 aromatic carbocycles. The Hall–Kier alpha value is -2.22. The third-order valence-electron chi connectivity index (χ3n) is 3.05. The molecule has 0 spiro atoms. The number of H-pyrrole nitrogens is 1. The Balaban J connectivity index is 2.62. The van der Waals surface area contributed by atoms with Gasteiger partial charge in [0.2, 0.25) is 5.91 Å². The van der Waals surface area contributed by atoms with Crippen LogP contribution in [-0.2, 0) is 20.7 Å². The average Bonchev–Trinajstić information content (AvgIpc) is 2.38. The fraction of sp³-hybridized carbons (Fsp3) is 0.538. The number of aryl methyl sites for hydroxylation is 2. The highest BCUT2D eigenvalue weighted by atomic mass is 16.5. The largest absolute Gasteiger partial charge is 0.481 e. The molecule has 0 aliphatic heterocycles. The summed E-state index contributed by atoms with van der Waals surface area (Å²) in [6, 6.07) is 0. The van der Waals surface area contributed by atoms with Gasteiger partial charge in [0.1, 0.15) is 0 Å². The van der Waals surface area contributed by atoms with Gasteiger partial charge in [0.05, 0.1) is 18.9 Å². The number of carbonyl (C=O) groups excluding carboxylic acids is 1. The molecule has 0 aliphatic rings. The maximum Gasteiger partial charge on any atom is 0.345 e. The first-order valence-corrected chi connectivity index (χ1v) is 6.41. The molecule has 1 aromatic rings. The van der Waals surface area contributed by atoms with Gasteiger partial charge in [-0.1, -0.05) is 0 Å². The van der Waals surface area contributed by atoms with Crippen LogP contribution < -0.4 is 11.0 Å². The van der Waals surface area contributed by atoms with Crippen molar-refractivity contribution >= 4 is 11.9 Å². The summed E-state index contributed by atoms with van der Waals surface area (Å²) in [4.78, 5) is 39.9. The number of hydrogen-bond acceptors (Lipinski definition) is 5. The molecule has 21 heavy (non-hydrogen) atoms. The highest BCUT2D eigenvalue weighted by Gasteiger charge is 2.15. The van der Waals surface area contributed by atoms with Gasteiger partial charge in [-0.2, -0.15) is 4.98 Å². The molecule has 8 nitrogen and oxygen atoms in total. The first-order valence-electron chi connectivity index (χ1n) is 6.41. The van der Waals surface area contributed by atoms with E-state index in [1.807, 2.05) is 0 Å². The second-order valence-electron chi connectivity index (χ2n) is 4.67. The summed E-state index contributed by atoms with van der Waals surface area (Å²) in [6.07, 6.45) is -0.706. The van der Waals surface area contributed by atoms with Crippen molar-refractivity contribution in [1.29, 1.82) is 0 Å². The summed E-state index contributed by atoms with van der Waals surface area (Å²) in [5.41, 5.74) is 1.30. The molecular formula is C13H19N3O5. The van der Waals surface area contributed by atoms with E-state index in [1.165, 1.54) is 7.11 Å². The number of carbonyl (C=O) groups is 2. The molecule has 1 atom stereocenters. The van der Waals surface area contributed by atoms with Crippen molar-refractivity contribution in [1.82, 2.24) is 15.3 Å². The number of nitrogens with zero attached hydrogens (tertiary/aromatic N) is 1. The van der Waals surface area contributed by atoms with E-state index in [2.05, 4.69) is 15.3 Å². The number of aliphatic carboxylic acids is 1. The van der Waals surface area contributed by atoms with Crippen LogP contribution in [0.15, 0.2) is 4.79 Å². The van der Waals surface area contributed by atoms with Gasteiger partial charge in [-0.05, 0) is 13.8 Å². The fourth-order valence-electron chi connectivity index (χ4n) is 1.90. The number of carboxylic acid groups (broad SMARTS) is 1. The van der Waals surface area contributed by atoms with Gasteiger partial charge >= 0.3 is 11.7 Å². The zero-order valence-corrected chi connectivity index (χ0v) is 12.2. The Bertz CT molecular complexity index is 555. The number of ether oxygens (including phenoxy) is 1. The molecule has 0 saturated carbocycles. The van der Waals surface area contributed by atoms with Gasteiger partial charge in [-0.25, -0.2) is 4.79 Å². The average molecular weight is 297 g/mol. The molecule has 0 bridgehead atoms. The van der Waals surface area contributed by atoms with Gasteiger partial charge in [-0.3, -0.25) is 9.59 Å². The van der Waals surface area contributed by atoms with Crippen molar-refractivity contribution in [3.8, 4) is 0 Å². The van der Waals surface area contributed by atoms with Gasteiger partial charge < -0.3 is 20.1 Å². The van der Waals surface area contributed by atoms with Crippen molar-refractivity contribution in [3.05, 3.63) is 27.4 Å². The normalized spacial score (nSPS) is 12.0. The SMILES string of the molecule is COC(CNC(=O)Cc1c(C)nc(=O)[nH]c1C)CC(=O)O. The van der Waals surface area contributed by atoms with E-state index in [9.17, 15) is 14.4 Å². The number of amides is 1. The van der Waals surface area contributed by atoms with Gasteiger partial charge in [0, 0.05) is 30.6 Å². The van der Waals surface area contributed by atoms with Crippen LogP contribution in [0.2, 0.25) is 0 Å². The summed E-state index contributed by atoms with van der Waals surface area (Å²) in [5, 5.41) is 11.3. The molecular weight excluding hydrogens is 278 g/mol. The van der Waals surface area contributed by atoms with Crippen molar-refractivity contribution in [2.75, 3.05) is 13.7 Å². The van der Waals surface area contributed by atoms with Crippen LogP contribution in [0, 0.1) is 13.8 Å². The first-order chi connectivity index (χ1) is 9.83. The van der Waals surface area contributed by atoms with Crippen LogP contribution in [0.25, 0.3) is 0 Å². The van der Waals surface area contributed by atoms with Crippen LogP contribution in [0.1, 0.15) is 23.4 Å². The maximum atomic E-state index is 11.9. The predicted molar refractivity (Wildman–Crippen MR) is 74.1 cm³/mol. The number of aromatic amines is 1. The fourth-order valence-corrected chi connectivity index (χ4v) is 1.90. The standard InChI is InChI=1S/C13H19N3O5/c1-7-10(8(2)16-13(20)15-7)5-11(17)14-6-9(21-3)4-12(18)19/h9H,4-6H2,1-3H3,(H,14,17)(H,18,19)(H,15,16,20). The van der Waals surface area contributed by atoms with Crippen molar-refractivity contribution in [2.45, 2.75) is 32.8 Å². The van der Waals surface area contributed by atoms with E-state index >= 15 is 0 Å². The molecule has 0 saturated heterocycles. The minimum atomic E-state index is -0.993. The lowest BCUT2D eigenvalue weighted by molar-refractivity contribution is -0.140. The number of carboxylic acids is 1. The summed E-state index contributed by atoms with van der Waals surface area (Å²) in [7, 11) is 1.39. The number of hydrogen-bond donors (Lipinski definition) is 3. The molecule has 116 valence electrons. The third-order valence-corrected chi connectivity index (χ3v) is 3.05. The molecule has 1 unspecified atom stereocenters. The third kappa shape index (κ3) is 5.35. The number of aromatic nitrogens is 2. The van der Waals surface area contributed by atoms with Crippen LogP contribution in [-0.4, -0.2) is 46.7 Å². The summed E-state index contributed by atoms with van der Waals surface area (Å²) >= 11 is 0. The predicted octanol–water partition coefficient (Wildman–Crippen LogP) is -0.465. The second-order valence-corrected chi connectivity index (χ2v) is 4.67. The van der Waals surface area contributed by atoms with Crippen LogP contribution in [0.5, 0.6) is 0 Å². The van der Waals surface area contributed by atoms with E-state index in [0.29, 0.717) is 17.0 Å². The molecule has 0 radical (unpaired) electrons. The first kappa shape index (κ1) is 16.8. The van der Waals surface area contributed by atoms with E-state index in [-0.39, 0.29) is 25.3 Å². The van der Waals surface area contributed by atoms with Crippen molar-refractivity contribution < 1.29 is 19.4 Å². The molecule has 1 rings (SSSR count). The lowest BCUT2D eigenvalue weighted by Crippen LogP contribution is -2.35. The van der Waals surface area contributed by atoms with Crippen LogP contribution >= 0.6 is 0 Å². The molecule has 1 amide bonds. The quantitative estimate of drug-likeness (QED) is 0.626. The van der Waals surface area contributed by atoms with Crippen molar-refractivity contribution in [2.24, 2.45) is 0 Å². The minimum absolute atomic E-state index is 0.0605. The zero-order chi connectivity index (χ0) is 16.0. The molecule has 1 heterocycles. The smallest absolute Gasteiger partial charge is 0.345 e. The topological polar surface area (TPSA) is 121 Å². The lowest BCUT2D eigenvalue weighted by Gasteiger charge is -2.14. The highest BCUT2D eigenvalue weighted by molar-refractivity contribution is 5.79. The van der Waals surface area contributed by atoms with E-state index < -0.39 is 17.8 Å². The van der Waals surface area contributed by atoms with Gasteiger partial charge in [0.15, 0.2) is 0 Å². The Morgan fingerprint density at radius 2 is 2.10 bits per heavy atom. The van der Waals surface area contributed by atoms with Gasteiger partial charge in [-0.15, -0.1) is 0 Å². The molecule has 0 aliphatic carbocycles. The number of methoxy groups -OCH3 is 1. The molecule has 0 fully saturated rings. The summed E-state index contributed by atoms with van der Waals surface area (Å²) in [5.74, 6) is -1.28. The summed E-state index contributed by atoms with van der Waals surface area (Å²) in [6.45, 7) is 3.46. The van der Waals surface area contributed by atoms with Crippen LogP contribution in [0.4, 0.5) is 0 Å². The van der Waals surface area contributed by atoms with Gasteiger partial charge in [0.25, 0.3) is 0 Å². The minimum Gasteiger partial charge on any atom is -0.481 e. The molecule has 8 heteroatoms.